The Morgan fingerprint density at radius 1 is 1.00 bits per heavy atom. The van der Waals surface area contributed by atoms with Crippen molar-refractivity contribution in [2.45, 2.75) is 53.2 Å². The first-order valence-corrected chi connectivity index (χ1v) is 5.57. The zero-order valence-corrected chi connectivity index (χ0v) is 10.6. The summed E-state index contributed by atoms with van der Waals surface area (Å²) in [5, 5.41) is 0. The molecule has 2 amide bonds. The van der Waals surface area contributed by atoms with Gasteiger partial charge in [-0.1, -0.05) is 6.92 Å². The molecule has 0 rings (SSSR count). The predicted octanol–water partition coefficient (Wildman–Crippen LogP) is 2.79. The van der Waals surface area contributed by atoms with Crippen molar-refractivity contribution in [1.29, 1.82) is 0 Å². The third kappa shape index (κ3) is 5.58. The second kappa shape index (κ2) is 7.09. The lowest BCUT2D eigenvalue weighted by Crippen LogP contribution is -2.40. The average Bonchev–Trinajstić information content (AvgIpc) is 2.11. The van der Waals surface area contributed by atoms with Gasteiger partial charge < -0.3 is 9.47 Å². The third-order valence-corrected chi connectivity index (χ3v) is 1.56. The molecule has 0 fully saturated rings. The summed E-state index contributed by atoms with van der Waals surface area (Å²) in [6, 6.07) is 0. The highest BCUT2D eigenvalue weighted by molar-refractivity contribution is 5.87. The molecule has 0 aromatic carbocycles. The number of carbonyl (C=O) groups excluding carboxylic acids is 2. The van der Waals surface area contributed by atoms with Crippen molar-refractivity contribution in [3.05, 3.63) is 0 Å². The zero-order chi connectivity index (χ0) is 12.7. The largest absolute Gasteiger partial charge is 0.446 e. The molecule has 0 saturated carbocycles. The van der Waals surface area contributed by atoms with E-state index in [4.69, 9.17) is 9.47 Å². The molecule has 0 unspecified atom stereocenters. The predicted molar refractivity (Wildman–Crippen MR) is 60.2 cm³/mol. The number of nitrogens with zero attached hydrogens (tertiary/aromatic N) is 1. The number of imide groups is 1. The van der Waals surface area contributed by atoms with Gasteiger partial charge in [-0.15, -0.1) is 0 Å². The highest BCUT2D eigenvalue weighted by Gasteiger charge is 2.24. The number of amides is 2. The van der Waals surface area contributed by atoms with Crippen LogP contribution in [0.1, 0.15) is 41.0 Å². The molecule has 16 heavy (non-hydrogen) atoms. The molecule has 0 spiro atoms. The first kappa shape index (κ1) is 14.7. The lowest BCUT2D eigenvalue weighted by molar-refractivity contribution is 0.0510. The van der Waals surface area contributed by atoms with Crippen LogP contribution in [0.4, 0.5) is 9.59 Å². The van der Waals surface area contributed by atoms with Crippen LogP contribution in [0.15, 0.2) is 0 Å². The van der Waals surface area contributed by atoms with E-state index in [2.05, 4.69) is 0 Å². The Balaban J connectivity index is 4.46. The Hall–Kier alpha value is -1.26. The monoisotopic (exact) mass is 231 g/mol. The van der Waals surface area contributed by atoms with E-state index in [-0.39, 0.29) is 12.2 Å². The van der Waals surface area contributed by atoms with Gasteiger partial charge in [-0.05, 0) is 34.1 Å². The molecular formula is C11H21NO4. The van der Waals surface area contributed by atoms with Crippen LogP contribution in [-0.4, -0.2) is 35.8 Å². The van der Waals surface area contributed by atoms with Gasteiger partial charge in [0.25, 0.3) is 0 Å². The summed E-state index contributed by atoms with van der Waals surface area (Å²) >= 11 is 0. The van der Waals surface area contributed by atoms with Gasteiger partial charge in [-0.3, -0.25) is 0 Å². The van der Waals surface area contributed by atoms with Crippen LogP contribution in [0.25, 0.3) is 0 Å². The number of rotatable bonds is 4. The molecule has 0 aromatic rings. The molecule has 0 aromatic heterocycles. The van der Waals surface area contributed by atoms with Gasteiger partial charge in [0.15, 0.2) is 0 Å². The summed E-state index contributed by atoms with van der Waals surface area (Å²) in [5.74, 6) is 0. The van der Waals surface area contributed by atoms with E-state index < -0.39 is 12.2 Å². The molecule has 0 heterocycles. The summed E-state index contributed by atoms with van der Waals surface area (Å²) in [6.07, 6.45) is -1.14. The van der Waals surface area contributed by atoms with E-state index >= 15 is 0 Å². The van der Waals surface area contributed by atoms with Crippen LogP contribution in [-0.2, 0) is 9.47 Å². The molecule has 0 saturated heterocycles. The first-order chi connectivity index (χ1) is 7.38. The summed E-state index contributed by atoms with van der Waals surface area (Å²) < 4.78 is 9.91. The van der Waals surface area contributed by atoms with E-state index in [0.717, 1.165) is 4.90 Å². The maximum Gasteiger partial charge on any atom is 0.419 e. The van der Waals surface area contributed by atoms with Crippen molar-refractivity contribution in [1.82, 2.24) is 4.90 Å². The molecule has 0 atom stereocenters. The maximum atomic E-state index is 11.6. The minimum Gasteiger partial charge on any atom is -0.446 e. The lowest BCUT2D eigenvalue weighted by atomic mass is 10.4. The van der Waals surface area contributed by atoms with Gasteiger partial charge >= 0.3 is 12.2 Å². The van der Waals surface area contributed by atoms with Crippen LogP contribution >= 0.6 is 0 Å². The normalized spacial score (nSPS) is 10.4. The molecule has 0 N–H and O–H groups in total. The fourth-order valence-electron chi connectivity index (χ4n) is 1.01. The summed E-state index contributed by atoms with van der Waals surface area (Å²) in [5.41, 5.74) is 0. The highest BCUT2D eigenvalue weighted by atomic mass is 16.6. The smallest absolute Gasteiger partial charge is 0.419 e. The third-order valence-electron chi connectivity index (χ3n) is 1.56. The Bertz CT molecular complexity index is 216. The molecule has 0 radical (unpaired) electrons. The van der Waals surface area contributed by atoms with Crippen LogP contribution < -0.4 is 0 Å². The van der Waals surface area contributed by atoms with Gasteiger partial charge in [-0.25, -0.2) is 14.5 Å². The Morgan fingerprint density at radius 3 is 1.62 bits per heavy atom. The number of carbonyl (C=O) groups is 2. The minimum absolute atomic E-state index is 0.251. The van der Waals surface area contributed by atoms with Crippen molar-refractivity contribution in [3.63, 3.8) is 0 Å². The van der Waals surface area contributed by atoms with Crippen LogP contribution in [0, 0.1) is 0 Å². The molecule has 0 bridgehead atoms. The summed E-state index contributed by atoms with van der Waals surface area (Å²) in [4.78, 5) is 24.1. The molecule has 5 heteroatoms. The van der Waals surface area contributed by atoms with Crippen molar-refractivity contribution >= 4 is 12.2 Å². The van der Waals surface area contributed by atoms with Crippen molar-refractivity contribution in [3.8, 4) is 0 Å². The quantitative estimate of drug-likeness (QED) is 0.746. The number of hydrogen-bond acceptors (Lipinski definition) is 4. The van der Waals surface area contributed by atoms with Crippen LogP contribution in [0.3, 0.4) is 0 Å². The summed E-state index contributed by atoms with van der Waals surface area (Å²) in [6.45, 7) is 9.10. The standard InChI is InChI=1S/C11H21NO4/c1-6-7-12(10(13)15-8(2)3)11(14)16-9(4)5/h8-9H,6-7H2,1-5H3. The second-order valence-corrected chi connectivity index (χ2v) is 4.02. The number of ether oxygens (including phenoxy) is 2. The average molecular weight is 231 g/mol. The molecular weight excluding hydrogens is 210 g/mol. The van der Waals surface area contributed by atoms with E-state index in [1.165, 1.54) is 0 Å². The maximum absolute atomic E-state index is 11.6. The molecule has 0 aliphatic rings. The SMILES string of the molecule is CCCN(C(=O)OC(C)C)C(=O)OC(C)C. The van der Waals surface area contributed by atoms with Crippen LogP contribution in [0.5, 0.6) is 0 Å². The van der Waals surface area contributed by atoms with E-state index in [1.807, 2.05) is 6.92 Å². The number of hydrogen-bond donors (Lipinski definition) is 0. The lowest BCUT2D eigenvalue weighted by Gasteiger charge is -2.21. The first-order valence-electron chi connectivity index (χ1n) is 5.57. The van der Waals surface area contributed by atoms with Crippen molar-refractivity contribution in [2.24, 2.45) is 0 Å². The molecule has 94 valence electrons. The topological polar surface area (TPSA) is 55.8 Å². The van der Waals surface area contributed by atoms with Gasteiger partial charge in [0.05, 0.1) is 12.2 Å². The fourth-order valence-corrected chi connectivity index (χ4v) is 1.01. The Morgan fingerprint density at radius 2 is 1.38 bits per heavy atom. The summed E-state index contributed by atoms with van der Waals surface area (Å²) in [7, 11) is 0. The zero-order valence-electron chi connectivity index (χ0n) is 10.6. The molecule has 5 nitrogen and oxygen atoms in total. The highest BCUT2D eigenvalue weighted by Crippen LogP contribution is 2.04. The van der Waals surface area contributed by atoms with Crippen LogP contribution in [0.2, 0.25) is 0 Å². The van der Waals surface area contributed by atoms with E-state index in [0.29, 0.717) is 13.0 Å². The Kier molecular flexibility index (Phi) is 6.53. The fraction of sp³-hybridized carbons (Fsp3) is 0.818. The van der Waals surface area contributed by atoms with Crippen molar-refractivity contribution < 1.29 is 19.1 Å². The Labute approximate surface area is 96.7 Å². The van der Waals surface area contributed by atoms with Crippen molar-refractivity contribution in [2.75, 3.05) is 6.54 Å². The van der Waals surface area contributed by atoms with Gasteiger partial charge in [0, 0.05) is 6.54 Å². The van der Waals surface area contributed by atoms with Gasteiger partial charge in [-0.2, -0.15) is 0 Å². The second-order valence-electron chi connectivity index (χ2n) is 4.02. The van der Waals surface area contributed by atoms with E-state index in [1.54, 1.807) is 27.7 Å². The molecule has 0 aliphatic heterocycles. The minimum atomic E-state index is -0.650. The van der Waals surface area contributed by atoms with Gasteiger partial charge in [0.2, 0.25) is 0 Å². The van der Waals surface area contributed by atoms with Gasteiger partial charge in [0.1, 0.15) is 0 Å². The molecule has 0 aliphatic carbocycles. The van der Waals surface area contributed by atoms with E-state index in [9.17, 15) is 9.59 Å².